The topological polar surface area (TPSA) is 38.0 Å². The van der Waals surface area contributed by atoms with Gasteiger partial charge in [-0.15, -0.1) is 0 Å². The first kappa shape index (κ1) is 12.1. The molecule has 1 aromatic rings. The summed E-state index contributed by atoms with van der Waals surface area (Å²) in [6, 6.07) is 8.69. The molecule has 16 heavy (non-hydrogen) atoms. The van der Waals surface area contributed by atoms with Crippen LogP contribution < -0.4 is 11.1 Å². The second-order valence-electron chi connectivity index (χ2n) is 4.72. The van der Waals surface area contributed by atoms with E-state index in [9.17, 15) is 0 Å². The molecule has 1 aromatic carbocycles. The first-order valence-electron chi connectivity index (χ1n) is 5.89. The fraction of sp³-hybridized carbons (Fsp3) is 0.538. The van der Waals surface area contributed by atoms with Gasteiger partial charge in [-0.2, -0.15) is 0 Å². The molecule has 0 radical (unpaired) electrons. The molecule has 2 nitrogen and oxygen atoms in total. The molecule has 1 aliphatic rings. The molecule has 3 N–H and O–H groups in total. The maximum Gasteiger partial charge on any atom is 0.0444 e. The molecule has 1 aliphatic carbocycles. The smallest absolute Gasteiger partial charge is 0.0444 e. The molecule has 88 valence electrons. The van der Waals surface area contributed by atoms with E-state index < -0.39 is 0 Å². The maximum absolute atomic E-state index is 5.81. The minimum atomic E-state index is 0.292. The lowest BCUT2D eigenvalue weighted by molar-refractivity contribution is 0.511. The van der Waals surface area contributed by atoms with E-state index >= 15 is 0 Å². The molecule has 3 unspecified atom stereocenters. The zero-order valence-electron chi connectivity index (χ0n) is 9.62. The summed E-state index contributed by atoms with van der Waals surface area (Å²) in [7, 11) is 0. The quantitative estimate of drug-likeness (QED) is 0.872. The molecule has 1 fully saturated rings. The third kappa shape index (κ3) is 3.06. The highest BCUT2D eigenvalue weighted by Gasteiger charge is 2.32. The van der Waals surface area contributed by atoms with E-state index in [0.29, 0.717) is 12.6 Å². The van der Waals surface area contributed by atoms with Gasteiger partial charge in [0.05, 0.1) is 0 Å². The average Bonchev–Trinajstić information content (AvgIpc) is 2.98. The van der Waals surface area contributed by atoms with E-state index in [1.165, 1.54) is 12.0 Å². The van der Waals surface area contributed by atoms with Gasteiger partial charge in [0.1, 0.15) is 0 Å². The molecule has 0 bridgehead atoms. The van der Waals surface area contributed by atoms with Crippen molar-refractivity contribution in [1.29, 1.82) is 0 Å². The zero-order chi connectivity index (χ0) is 11.5. The third-order valence-electron chi connectivity index (χ3n) is 3.41. The summed E-state index contributed by atoms with van der Waals surface area (Å²) >= 11 is 3.44. The summed E-state index contributed by atoms with van der Waals surface area (Å²) in [6.45, 7) is 4.06. The summed E-state index contributed by atoms with van der Waals surface area (Å²) in [6.07, 6.45) is 1.37. The van der Waals surface area contributed by atoms with Crippen LogP contribution >= 0.6 is 15.9 Å². The van der Waals surface area contributed by atoms with Crippen LogP contribution in [-0.4, -0.2) is 13.1 Å². The second-order valence-corrected chi connectivity index (χ2v) is 5.64. The highest BCUT2D eigenvalue weighted by molar-refractivity contribution is 9.10. The highest BCUT2D eigenvalue weighted by atomic mass is 79.9. The summed E-state index contributed by atoms with van der Waals surface area (Å²) < 4.78 is 1.11. The zero-order valence-corrected chi connectivity index (χ0v) is 11.2. The number of benzene rings is 1. The van der Waals surface area contributed by atoms with Gasteiger partial charge in [-0.25, -0.2) is 0 Å². The molecule has 0 spiro atoms. The van der Waals surface area contributed by atoms with Gasteiger partial charge in [-0.05, 0) is 42.5 Å². The molecule has 3 heteroatoms. The van der Waals surface area contributed by atoms with Gasteiger partial charge >= 0.3 is 0 Å². The number of hydrogen-bond acceptors (Lipinski definition) is 2. The van der Waals surface area contributed by atoms with Gasteiger partial charge in [-0.1, -0.05) is 35.0 Å². The van der Waals surface area contributed by atoms with E-state index in [1.807, 2.05) is 0 Å². The van der Waals surface area contributed by atoms with E-state index in [2.05, 4.69) is 52.4 Å². The Bertz CT molecular complexity index is 336. The average molecular weight is 283 g/mol. The van der Waals surface area contributed by atoms with Crippen LogP contribution in [0.1, 0.15) is 24.9 Å². The van der Waals surface area contributed by atoms with E-state index in [1.54, 1.807) is 0 Å². The molecule has 0 aromatic heterocycles. The summed E-state index contributed by atoms with van der Waals surface area (Å²) in [5, 5.41) is 3.56. The van der Waals surface area contributed by atoms with Gasteiger partial charge in [0.2, 0.25) is 0 Å². The van der Waals surface area contributed by atoms with Crippen molar-refractivity contribution in [2.45, 2.75) is 19.4 Å². The monoisotopic (exact) mass is 282 g/mol. The molecule has 0 aliphatic heterocycles. The summed E-state index contributed by atoms with van der Waals surface area (Å²) in [5.74, 6) is 1.76. The molecular weight excluding hydrogens is 264 g/mol. The number of halogens is 1. The molecular formula is C13H19BrN2. The van der Waals surface area contributed by atoms with Gasteiger partial charge in [-0.3, -0.25) is 0 Å². The molecule has 0 heterocycles. The minimum absolute atomic E-state index is 0.292. The Kier molecular flexibility index (Phi) is 4.00. The Morgan fingerprint density at radius 3 is 2.56 bits per heavy atom. The van der Waals surface area contributed by atoms with Crippen LogP contribution in [0.2, 0.25) is 0 Å². The Morgan fingerprint density at radius 2 is 2.06 bits per heavy atom. The largest absolute Gasteiger partial charge is 0.329 e. The van der Waals surface area contributed by atoms with Gasteiger partial charge in [0.15, 0.2) is 0 Å². The number of hydrogen-bond donors (Lipinski definition) is 2. The first-order chi connectivity index (χ1) is 7.70. The Labute approximate surface area is 106 Å². The Balaban J connectivity index is 1.90. The van der Waals surface area contributed by atoms with Crippen LogP contribution in [0.4, 0.5) is 0 Å². The highest BCUT2D eigenvalue weighted by Crippen LogP contribution is 2.37. The van der Waals surface area contributed by atoms with Gasteiger partial charge < -0.3 is 11.1 Å². The van der Waals surface area contributed by atoms with Crippen molar-refractivity contribution in [2.24, 2.45) is 17.6 Å². The first-order valence-corrected chi connectivity index (χ1v) is 6.69. The molecule has 0 amide bonds. The van der Waals surface area contributed by atoms with Crippen molar-refractivity contribution in [3.05, 3.63) is 34.3 Å². The second kappa shape index (κ2) is 5.30. The molecule has 2 rings (SSSR count). The van der Waals surface area contributed by atoms with E-state index in [0.717, 1.165) is 22.9 Å². The van der Waals surface area contributed by atoms with Crippen molar-refractivity contribution in [2.75, 3.05) is 13.1 Å². The predicted molar refractivity (Wildman–Crippen MR) is 71.2 cm³/mol. The van der Waals surface area contributed by atoms with Crippen LogP contribution in [0.25, 0.3) is 0 Å². The van der Waals surface area contributed by atoms with Crippen molar-refractivity contribution >= 4 is 15.9 Å². The van der Waals surface area contributed by atoms with Crippen LogP contribution in [0.3, 0.4) is 0 Å². The van der Waals surface area contributed by atoms with Crippen LogP contribution in [0.5, 0.6) is 0 Å². The lowest BCUT2D eigenvalue weighted by Gasteiger charge is -2.17. The Hall–Kier alpha value is -0.380. The lowest BCUT2D eigenvalue weighted by Crippen LogP contribution is -2.29. The van der Waals surface area contributed by atoms with Crippen LogP contribution in [0.15, 0.2) is 28.7 Å². The Morgan fingerprint density at radius 1 is 1.44 bits per heavy atom. The molecule has 3 atom stereocenters. The van der Waals surface area contributed by atoms with Crippen molar-refractivity contribution in [1.82, 2.24) is 5.32 Å². The van der Waals surface area contributed by atoms with Crippen molar-refractivity contribution in [3.8, 4) is 0 Å². The fourth-order valence-corrected chi connectivity index (χ4v) is 2.27. The van der Waals surface area contributed by atoms with Gasteiger partial charge in [0.25, 0.3) is 0 Å². The standard InChI is InChI=1S/C13H19BrN2/c1-9-6-11(9)8-16-13(7-15)10-2-4-12(14)5-3-10/h2-5,9,11,13,16H,6-8,15H2,1H3. The van der Waals surface area contributed by atoms with Crippen LogP contribution in [0, 0.1) is 11.8 Å². The normalized spacial score (nSPS) is 25.4. The SMILES string of the molecule is CC1CC1CNC(CN)c1ccc(Br)cc1. The summed E-state index contributed by atoms with van der Waals surface area (Å²) in [4.78, 5) is 0. The minimum Gasteiger partial charge on any atom is -0.329 e. The van der Waals surface area contributed by atoms with E-state index in [-0.39, 0.29) is 0 Å². The number of nitrogens with two attached hydrogens (primary N) is 1. The number of rotatable bonds is 5. The fourth-order valence-electron chi connectivity index (χ4n) is 2.01. The maximum atomic E-state index is 5.81. The van der Waals surface area contributed by atoms with Gasteiger partial charge in [0, 0.05) is 17.1 Å². The lowest BCUT2D eigenvalue weighted by atomic mass is 10.1. The van der Waals surface area contributed by atoms with Crippen LogP contribution in [-0.2, 0) is 0 Å². The molecule has 1 saturated carbocycles. The van der Waals surface area contributed by atoms with Crippen molar-refractivity contribution < 1.29 is 0 Å². The number of nitrogens with one attached hydrogen (secondary N) is 1. The summed E-state index contributed by atoms with van der Waals surface area (Å²) in [5.41, 5.74) is 7.09. The molecule has 0 saturated heterocycles. The third-order valence-corrected chi connectivity index (χ3v) is 3.94. The predicted octanol–water partition coefficient (Wildman–Crippen LogP) is 2.69. The van der Waals surface area contributed by atoms with E-state index in [4.69, 9.17) is 5.73 Å². The van der Waals surface area contributed by atoms with Crippen molar-refractivity contribution in [3.63, 3.8) is 0 Å².